The van der Waals surface area contributed by atoms with Crippen LogP contribution in [0.15, 0.2) is 89.5 Å². The summed E-state index contributed by atoms with van der Waals surface area (Å²) in [6.45, 7) is 4.78. The SMILES string of the molecule is Cc1ccc(-c2nc(C(=O)N3CCN(C(c4ccccc4)c4ccccc4)CC3)no2)cc1. The molecule has 1 aliphatic rings. The monoisotopic (exact) mass is 438 g/mol. The quantitative estimate of drug-likeness (QED) is 0.456. The summed E-state index contributed by atoms with van der Waals surface area (Å²) < 4.78 is 5.36. The van der Waals surface area contributed by atoms with Crippen molar-refractivity contribution < 1.29 is 9.32 Å². The highest BCUT2D eigenvalue weighted by atomic mass is 16.5. The molecular weight excluding hydrogens is 412 g/mol. The van der Waals surface area contributed by atoms with Gasteiger partial charge in [0.15, 0.2) is 0 Å². The zero-order valence-corrected chi connectivity index (χ0v) is 18.6. The highest BCUT2D eigenvalue weighted by Crippen LogP contribution is 2.29. The van der Waals surface area contributed by atoms with E-state index in [4.69, 9.17) is 4.52 Å². The molecule has 33 heavy (non-hydrogen) atoms. The zero-order valence-electron chi connectivity index (χ0n) is 18.6. The molecule has 6 nitrogen and oxygen atoms in total. The summed E-state index contributed by atoms with van der Waals surface area (Å²) >= 11 is 0. The number of hydrogen-bond acceptors (Lipinski definition) is 5. The first kappa shape index (κ1) is 21.1. The third kappa shape index (κ3) is 4.56. The third-order valence-corrected chi connectivity index (χ3v) is 6.11. The largest absolute Gasteiger partial charge is 0.333 e. The van der Waals surface area contributed by atoms with Crippen molar-refractivity contribution in [2.24, 2.45) is 0 Å². The van der Waals surface area contributed by atoms with E-state index >= 15 is 0 Å². The summed E-state index contributed by atoms with van der Waals surface area (Å²) in [6, 6.07) is 29.0. The second-order valence-electron chi connectivity index (χ2n) is 8.34. The van der Waals surface area contributed by atoms with Crippen molar-refractivity contribution in [1.29, 1.82) is 0 Å². The van der Waals surface area contributed by atoms with Gasteiger partial charge in [-0.15, -0.1) is 0 Å². The number of nitrogens with zero attached hydrogens (tertiary/aromatic N) is 4. The van der Waals surface area contributed by atoms with Crippen LogP contribution in [0.5, 0.6) is 0 Å². The van der Waals surface area contributed by atoms with Gasteiger partial charge in [-0.3, -0.25) is 9.69 Å². The van der Waals surface area contributed by atoms with E-state index < -0.39 is 0 Å². The number of amides is 1. The van der Waals surface area contributed by atoms with E-state index in [0.717, 1.165) is 24.2 Å². The van der Waals surface area contributed by atoms with Crippen molar-refractivity contribution in [3.8, 4) is 11.5 Å². The topological polar surface area (TPSA) is 62.5 Å². The number of aromatic nitrogens is 2. The van der Waals surface area contributed by atoms with Crippen LogP contribution in [0.4, 0.5) is 0 Å². The molecule has 0 spiro atoms. The van der Waals surface area contributed by atoms with E-state index in [9.17, 15) is 4.79 Å². The lowest BCUT2D eigenvalue weighted by atomic mass is 9.96. The Labute approximate surface area is 193 Å². The smallest absolute Gasteiger partial charge is 0.295 e. The Morgan fingerprint density at radius 1 is 0.818 bits per heavy atom. The Morgan fingerprint density at radius 2 is 1.39 bits per heavy atom. The van der Waals surface area contributed by atoms with Crippen molar-refractivity contribution in [3.63, 3.8) is 0 Å². The first-order chi connectivity index (χ1) is 16.2. The predicted octanol–water partition coefficient (Wildman–Crippen LogP) is 4.59. The van der Waals surface area contributed by atoms with Gasteiger partial charge >= 0.3 is 0 Å². The number of piperazine rings is 1. The van der Waals surface area contributed by atoms with Gasteiger partial charge in [0.25, 0.3) is 17.6 Å². The van der Waals surface area contributed by atoms with Crippen molar-refractivity contribution in [2.75, 3.05) is 26.2 Å². The number of carbonyl (C=O) groups excluding carboxylic acids is 1. The molecule has 1 saturated heterocycles. The predicted molar refractivity (Wildman–Crippen MR) is 127 cm³/mol. The van der Waals surface area contributed by atoms with E-state index in [2.05, 4.69) is 63.6 Å². The summed E-state index contributed by atoms with van der Waals surface area (Å²) in [6.07, 6.45) is 0. The minimum absolute atomic E-state index is 0.113. The van der Waals surface area contributed by atoms with E-state index in [1.807, 2.05) is 48.2 Å². The fourth-order valence-electron chi connectivity index (χ4n) is 4.33. The standard InChI is InChI=1S/C27H26N4O2/c1-20-12-14-23(15-13-20)26-28-25(29-33-26)27(32)31-18-16-30(17-19-31)24(21-8-4-2-5-9-21)22-10-6-3-7-11-22/h2-15,24H,16-19H2,1H3. The van der Waals surface area contributed by atoms with E-state index in [0.29, 0.717) is 19.0 Å². The highest BCUT2D eigenvalue weighted by Gasteiger charge is 2.30. The van der Waals surface area contributed by atoms with Crippen LogP contribution in [0.2, 0.25) is 0 Å². The van der Waals surface area contributed by atoms with Gasteiger partial charge in [-0.1, -0.05) is 83.5 Å². The number of aryl methyl sites for hydroxylation is 1. The summed E-state index contributed by atoms with van der Waals surface area (Å²) in [7, 11) is 0. The van der Waals surface area contributed by atoms with E-state index in [1.165, 1.54) is 11.1 Å². The number of hydrogen-bond donors (Lipinski definition) is 0. The van der Waals surface area contributed by atoms with Gasteiger partial charge in [-0.25, -0.2) is 0 Å². The van der Waals surface area contributed by atoms with Gasteiger partial charge in [-0.05, 0) is 30.2 Å². The maximum Gasteiger partial charge on any atom is 0.295 e. The fourth-order valence-corrected chi connectivity index (χ4v) is 4.33. The van der Waals surface area contributed by atoms with Gasteiger partial charge in [0.05, 0.1) is 6.04 Å². The van der Waals surface area contributed by atoms with Crippen LogP contribution >= 0.6 is 0 Å². The van der Waals surface area contributed by atoms with Crippen LogP contribution in [0.25, 0.3) is 11.5 Å². The first-order valence-corrected chi connectivity index (χ1v) is 11.2. The molecule has 166 valence electrons. The summed E-state index contributed by atoms with van der Waals surface area (Å²) in [5.74, 6) is 0.291. The third-order valence-electron chi connectivity index (χ3n) is 6.11. The average molecular weight is 439 g/mol. The van der Waals surface area contributed by atoms with Gasteiger partial charge in [0.1, 0.15) is 0 Å². The molecule has 2 heterocycles. The van der Waals surface area contributed by atoms with Gasteiger partial charge in [0.2, 0.25) is 0 Å². The van der Waals surface area contributed by atoms with Crippen molar-refractivity contribution in [3.05, 3.63) is 107 Å². The van der Waals surface area contributed by atoms with Gasteiger partial charge in [-0.2, -0.15) is 4.98 Å². The molecule has 4 aromatic rings. The minimum atomic E-state index is -0.187. The molecular formula is C27H26N4O2. The van der Waals surface area contributed by atoms with Crippen molar-refractivity contribution >= 4 is 5.91 Å². The zero-order chi connectivity index (χ0) is 22.6. The molecule has 0 N–H and O–H groups in total. The second kappa shape index (κ2) is 9.38. The van der Waals surface area contributed by atoms with Crippen LogP contribution in [0, 0.1) is 6.92 Å². The molecule has 1 fully saturated rings. The van der Waals surface area contributed by atoms with Crippen molar-refractivity contribution in [2.45, 2.75) is 13.0 Å². The molecule has 0 bridgehead atoms. The Kier molecular flexibility index (Phi) is 6.00. The fraction of sp³-hybridized carbons (Fsp3) is 0.222. The normalized spacial score (nSPS) is 14.5. The Hall–Kier alpha value is -3.77. The summed E-state index contributed by atoms with van der Waals surface area (Å²) in [5, 5.41) is 3.95. The molecule has 0 aliphatic carbocycles. The van der Waals surface area contributed by atoms with Crippen LogP contribution in [-0.2, 0) is 0 Å². The highest BCUT2D eigenvalue weighted by molar-refractivity contribution is 5.90. The average Bonchev–Trinajstić information content (AvgIpc) is 3.36. The molecule has 0 atom stereocenters. The molecule has 1 amide bonds. The molecule has 0 saturated carbocycles. The molecule has 6 heteroatoms. The lowest BCUT2D eigenvalue weighted by Crippen LogP contribution is -2.50. The minimum Gasteiger partial charge on any atom is -0.333 e. The Balaban J connectivity index is 1.29. The molecule has 0 radical (unpaired) electrons. The molecule has 0 unspecified atom stereocenters. The lowest BCUT2D eigenvalue weighted by Gasteiger charge is -2.39. The van der Waals surface area contributed by atoms with E-state index in [-0.39, 0.29) is 17.8 Å². The molecule has 1 aromatic heterocycles. The number of benzene rings is 3. The molecule has 1 aliphatic heterocycles. The maximum absolute atomic E-state index is 13.0. The Bertz CT molecular complexity index is 1160. The van der Waals surface area contributed by atoms with Crippen LogP contribution in [-0.4, -0.2) is 52.0 Å². The van der Waals surface area contributed by atoms with Crippen molar-refractivity contribution in [1.82, 2.24) is 19.9 Å². The second-order valence-corrected chi connectivity index (χ2v) is 8.34. The lowest BCUT2D eigenvalue weighted by molar-refractivity contribution is 0.0583. The number of rotatable bonds is 5. The Morgan fingerprint density at radius 3 is 1.97 bits per heavy atom. The summed E-state index contributed by atoms with van der Waals surface area (Å²) in [4.78, 5) is 21.6. The molecule has 5 rings (SSSR count). The van der Waals surface area contributed by atoms with Crippen LogP contribution in [0.1, 0.15) is 33.4 Å². The van der Waals surface area contributed by atoms with Crippen LogP contribution < -0.4 is 0 Å². The van der Waals surface area contributed by atoms with Gasteiger partial charge in [0, 0.05) is 31.7 Å². The van der Waals surface area contributed by atoms with Crippen LogP contribution in [0.3, 0.4) is 0 Å². The summed E-state index contributed by atoms with van der Waals surface area (Å²) in [5.41, 5.74) is 4.47. The maximum atomic E-state index is 13.0. The first-order valence-electron chi connectivity index (χ1n) is 11.2. The number of carbonyl (C=O) groups is 1. The van der Waals surface area contributed by atoms with E-state index in [1.54, 1.807) is 0 Å². The molecule has 3 aromatic carbocycles. The van der Waals surface area contributed by atoms with Gasteiger partial charge < -0.3 is 9.42 Å².